The molecule has 5 heteroatoms. The smallest absolute Gasteiger partial charge is 0.284 e. The van der Waals surface area contributed by atoms with Gasteiger partial charge in [-0.1, -0.05) is 35.9 Å². The first-order valence-corrected chi connectivity index (χ1v) is 8.97. The average molecular weight is 328 g/mol. The van der Waals surface area contributed by atoms with Crippen LogP contribution in [-0.4, -0.2) is 21.3 Å². The Bertz CT molecular complexity index is 891. The molecule has 0 aromatic heterocycles. The van der Waals surface area contributed by atoms with Gasteiger partial charge < -0.3 is 4.90 Å². The van der Waals surface area contributed by atoms with E-state index in [0.717, 1.165) is 27.9 Å². The molecule has 0 fully saturated rings. The quantitative estimate of drug-likeness (QED) is 0.849. The largest absolute Gasteiger partial charge is 0.332 e. The van der Waals surface area contributed by atoms with E-state index in [2.05, 4.69) is 4.40 Å². The van der Waals surface area contributed by atoms with Gasteiger partial charge in [0.2, 0.25) is 0 Å². The molecular weight excluding hydrogens is 308 g/mol. The molecular formula is C18H20N2O2S. The molecule has 0 saturated heterocycles. The Kier molecular flexibility index (Phi) is 3.76. The van der Waals surface area contributed by atoms with Crippen molar-refractivity contribution in [3.63, 3.8) is 0 Å². The van der Waals surface area contributed by atoms with Crippen molar-refractivity contribution in [2.24, 2.45) is 4.40 Å². The number of anilines is 1. The molecule has 2 aromatic carbocycles. The van der Waals surface area contributed by atoms with Crippen LogP contribution in [0.5, 0.6) is 0 Å². The van der Waals surface area contributed by atoms with Crippen molar-refractivity contribution in [1.82, 2.24) is 0 Å². The maximum absolute atomic E-state index is 12.8. The minimum absolute atomic E-state index is 0.319. The van der Waals surface area contributed by atoms with E-state index in [-0.39, 0.29) is 0 Å². The van der Waals surface area contributed by atoms with Crippen molar-refractivity contribution in [3.05, 3.63) is 58.7 Å². The summed E-state index contributed by atoms with van der Waals surface area (Å²) in [5, 5.41) is 0. The van der Waals surface area contributed by atoms with Gasteiger partial charge in [-0.2, -0.15) is 8.42 Å². The maximum atomic E-state index is 12.8. The molecule has 0 saturated carbocycles. The van der Waals surface area contributed by atoms with Crippen molar-refractivity contribution in [2.45, 2.75) is 32.1 Å². The number of nitrogens with zero attached hydrogens (tertiary/aromatic N) is 2. The molecule has 120 valence electrons. The first kappa shape index (κ1) is 15.7. The Labute approximate surface area is 137 Å². The van der Waals surface area contributed by atoms with Crippen LogP contribution >= 0.6 is 0 Å². The Balaban J connectivity index is 2.07. The molecule has 1 heterocycles. The van der Waals surface area contributed by atoms with Crippen molar-refractivity contribution < 1.29 is 8.42 Å². The number of sulfonamides is 1. The normalized spacial score (nSPS) is 16.0. The molecule has 0 aliphatic carbocycles. The van der Waals surface area contributed by atoms with Gasteiger partial charge in [-0.3, -0.25) is 0 Å². The van der Waals surface area contributed by atoms with E-state index in [1.54, 1.807) is 0 Å². The minimum atomic E-state index is -3.73. The maximum Gasteiger partial charge on any atom is 0.284 e. The second kappa shape index (κ2) is 5.49. The highest BCUT2D eigenvalue weighted by Gasteiger charge is 2.26. The van der Waals surface area contributed by atoms with Crippen LogP contribution in [0.2, 0.25) is 0 Å². The van der Waals surface area contributed by atoms with Crippen LogP contribution < -0.4 is 4.90 Å². The molecule has 0 bridgehead atoms. The van der Waals surface area contributed by atoms with Crippen molar-refractivity contribution in [2.75, 3.05) is 11.9 Å². The van der Waals surface area contributed by atoms with Gasteiger partial charge in [0.25, 0.3) is 10.0 Å². The number of rotatable bonds is 2. The van der Waals surface area contributed by atoms with Gasteiger partial charge in [-0.15, -0.1) is 4.40 Å². The minimum Gasteiger partial charge on any atom is -0.332 e. The Hall–Kier alpha value is -2.14. The van der Waals surface area contributed by atoms with E-state index >= 15 is 0 Å². The number of para-hydroxylation sites is 1. The molecule has 3 rings (SSSR count). The zero-order valence-electron chi connectivity index (χ0n) is 13.8. The third kappa shape index (κ3) is 2.77. The van der Waals surface area contributed by atoms with Gasteiger partial charge in [-0.05, 0) is 43.5 Å². The van der Waals surface area contributed by atoms with E-state index in [4.69, 9.17) is 0 Å². The highest BCUT2D eigenvalue weighted by molar-refractivity contribution is 7.90. The first-order chi connectivity index (χ1) is 10.8. The summed E-state index contributed by atoms with van der Waals surface area (Å²) in [6.45, 7) is 5.60. The molecule has 0 atom stereocenters. The number of hydrogen-bond acceptors (Lipinski definition) is 2. The van der Waals surface area contributed by atoms with Crippen LogP contribution in [0.1, 0.15) is 22.3 Å². The fourth-order valence-electron chi connectivity index (χ4n) is 3.27. The Morgan fingerprint density at radius 3 is 2.26 bits per heavy atom. The van der Waals surface area contributed by atoms with Crippen LogP contribution in [0.15, 0.2) is 45.7 Å². The second-order valence-corrected chi connectivity index (χ2v) is 7.62. The van der Waals surface area contributed by atoms with Gasteiger partial charge in [0, 0.05) is 19.2 Å². The monoisotopic (exact) mass is 328 g/mol. The number of aryl methyl sites for hydroxylation is 3. The van der Waals surface area contributed by atoms with Gasteiger partial charge in [-0.25, -0.2) is 0 Å². The number of likely N-dealkylation sites (N-methyl/N-ethyl adjacent to an activating group) is 1. The lowest BCUT2D eigenvalue weighted by Crippen LogP contribution is -2.23. The molecule has 0 unspecified atom stereocenters. The third-order valence-corrected chi connectivity index (χ3v) is 5.79. The summed E-state index contributed by atoms with van der Waals surface area (Å²) in [7, 11) is -1.87. The lowest BCUT2D eigenvalue weighted by Gasteiger charge is -2.14. The van der Waals surface area contributed by atoms with E-state index in [9.17, 15) is 8.42 Å². The van der Waals surface area contributed by atoms with E-state index in [1.165, 1.54) is 0 Å². The SMILES string of the molecule is Cc1cc(C)c(S(=O)(=O)/N=C2\Cc3ccccc3N2C)c(C)c1. The van der Waals surface area contributed by atoms with Crippen LogP contribution in [0.25, 0.3) is 0 Å². The number of fused-ring (bicyclic) bond motifs is 1. The van der Waals surface area contributed by atoms with Crippen molar-refractivity contribution in [3.8, 4) is 0 Å². The molecule has 0 radical (unpaired) electrons. The lowest BCUT2D eigenvalue weighted by atomic mass is 10.1. The van der Waals surface area contributed by atoms with E-state index in [0.29, 0.717) is 17.2 Å². The second-order valence-electron chi connectivity index (χ2n) is 6.07. The zero-order chi connectivity index (χ0) is 16.8. The Morgan fingerprint density at radius 1 is 1.04 bits per heavy atom. The Morgan fingerprint density at radius 2 is 1.65 bits per heavy atom. The predicted octanol–water partition coefficient (Wildman–Crippen LogP) is 3.39. The summed E-state index contributed by atoms with van der Waals surface area (Å²) >= 11 is 0. The summed E-state index contributed by atoms with van der Waals surface area (Å²) in [5.41, 5.74) is 4.65. The highest BCUT2D eigenvalue weighted by atomic mass is 32.2. The highest BCUT2D eigenvalue weighted by Crippen LogP contribution is 2.30. The van der Waals surface area contributed by atoms with E-state index < -0.39 is 10.0 Å². The summed E-state index contributed by atoms with van der Waals surface area (Å²) < 4.78 is 29.8. The molecule has 4 nitrogen and oxygen atoms in total. The predicted molar refractivity (Wildman–Crippen MR) is 93.8 cm³/mol. The van der Waals surface area contributed by atoms with Crippen molar-refractivity contribution in [1.29, 1.82) is 0 Å². The van der Waals surface area contributed by atoms with Gasteiger partial charge >= 0.3 is 0 Å². The number of hydrogen-bond donors (Lipinski definition) is 0. The summed E-state index contributed by atoms with van der Waals surface area (Å²) in [6, 6.07) is 11.6. The lowest BCUT2D eigenvalue weighted by molar-refractivity contribution is 0.596. The fourth-order valence-corrected chi connectivity index (χ4v) is 4.75. The average Bonchev–Trinajstić information content (AvgIpc) is 2.73. The molecule has 23 heavy (non-hydrogen) atoms. The summed E-state index contributed by atoms with van der Waals surface area (Å²) in [5.74, 6) is 0.561. The molecule has 2 aromatic rings. The van der Waals surface area contributed by atoms with Gasteiger partial charge in [0.1, 0.15) is 5.84 Å². The zero-order valence-corrected chi connectivity index (χ0v) is 14.6. The first-order valence-electron chi connectivity index (χ1n) is 7.53. The fraction of sp³-hybridized carbons (Fsp3) is 0.278. The topological polar surface area (TPSA) is 49.7 Å². The molecule has 1 aliphatic rings. The van der Waals surface area contributed by atoms with Crippen LogP contribution in [0.4, 0.5) is 5.69 Å². The van der Waals surface area contributed by atoms with Crippen molar-refractivity contribution >= 4 is 21.5 Å². The summed E-state index contributed by atoms with van der Waals surface area (Å²) in [6.07, 6.45) is 0.538. The standard InChI is InChI=1S/C18H20N2O2S/c1-12-9-13(2)18(14(3)10-12)23(21,22)19-17-11-15-7-5-6-8-16(15)20(17)4/h5-10H,11H2,1-4H3/b19-17+. The molecule has 1 aliphatic heterocycles. The van der Waals surface area contributed by atoms with Crippen LogP contribution in [0.3, 0.4) is 0 Å². The van der Waals surface area contributed by atoms with E-state index in [1.807, 2.05) is 69.1 Å². The van der Waals surface area contributed by atoms with Crippen LogP contribution in [0, 0.1) is 20.8 Å². The molecule has 0 amide bonds. The van der Waals surface area contributed by atoms with Gasteiger partial charge in [0.05, 0.1) is 4.90 Å². The molecule has 0 spiro atoms. The molecule has 0 N–H and O–H groups in total. The summed E-state index contributed by atoms with van der Waals surface area (Å²) in [4.78, 5) is 2.17. The number of benzene rings is 2. The van der Waals surface area contributed by atoms with Gasteiger partial charge in [0.15, 0.2) is 0 Å². The number of amidine groups is 1. The van der Waals surface area contributed by atoms with Crippen LogP contribution in [-0.2, 0) is 16.4 Å². The third-order valence-electron chi connectivity index (χ3n) is 4.18.